The minimum atomic E-state index is -0.568. The van der Waals surface area contributed by atoms with E-state index in [2.05, 4.69) is 19.9 Å². The van der Waals surface area contributed by atoms with Gasteiger partial charge in [-0.25, -0.2) is 24.7 Å². The van der Waals surface area contributed by atoms with Crippen molar-refractivity contribution < 1.29 is 19.1 Å². The normalized spacial score (nSPS) is 17.8. The molecule has 0 radical (unpaired) electrons. The predicted molar refractivity (Wildman–Crippen MR) is 145 cm³/mol. The van der Waals surface area contributed by atoms with Crippen molar-refractivity contribution in [3.05, 3.63) is 75.8 Å². The second-order valence-corrected chi connectivity index (χ2v) is 10.5. The molecule has 2 aliphatic rings. The zero-order valence-corrected chi connectivity index (χ0v) is 22.3. The van der Waals surface area contributed by atoms with Gasteiger partial charge in [0.25, 0.3) is 11.5 Å². The number of morpholine rings is 1. The highest BCUT2D eigenvalue weighted by molar-refractivity contribution is 7.98. The summed E-state index contributed by atoms with van der Waals surface area (Å²) in [6, 6.07) is 9.26. The fraction of sp³-hybridized carbons (Fsp3) is 0.192. The summed E-state index contributed by atoms with van der Waals surface area (Å²) in [6.45, 7) is 0.326. The molecule has 5 aromatic rings. The van der Waals surface area contributed by atoms with Gasteiger partial charge < -0.3 is 19.4 Å². The number of aromatic nitrogens is 6. The Kier molecular flexibility index (Phi) is 5.71. The second kappa shape index (κ2) is 9.31. The highest BCUT2D eigenvalue weighted by Crippen LogP contribution is 2.35. The van der Waals surface area contributed by atoms with Crippen molar-refractivity contribution in [1.29, 1.82) is 0 Å². The van der Waals surface area contributed by atoms with Crippen LogP contribution in [0.2, 0.25) is 5.02 Å². The maximum atomic E-state index is 14.0. The number of ether oxygens (including phenoxy) is 2. The van der Waals surface area contributed by atoms with Crippen LogP contribution in [0, 0.1) is 0 Å². The van der Waals surface area contributed by atoms with Crippen molar-refractivity contribution in [3.63, 3.8) is 0 Å². The standard InChI is InChI=1S/C26H18ClN7O5S/c1-38-16-6-5-12(24(35)33-8-17-21(33)26(37)39-17)7-15(16)34-18(32-14-4-2-3-13(27)19(14)25(34)36)9-40-23-20-22(29-10-28-20)30-11-31-23/h2-7,10-11,17,21H,8-9H2,1H3,(H,28,29,30,31)/t17-,21?/m1/s1. The average molecular weight is 576 g/mol. The second-order valence-electron chi connectivity index (χ2n) is 9.14. The van der Waals surface area contributed by atoms with Crippen LogP contribution in [0.15, 0.2) is 58.9 Å². The van der Waals surface area contributed by atoms with Gasteiger partial charge in [0.2, 0.25) is 0 Å². The Balaban J connectivity index is 1.36. The number of imidazole rings is 1. The SMILES string of the molecule is COc1ccc(C(=O)N2C[C@H]3OC(=O)C32)cc1-n1c(CSc2ncnc3nc[nH]c23)nc2cccc(Cl)c2c1=O. The number of methoxy groups -OCH3 is 1. The van der Waals surface area contributed by atoms with Crippen LogP contribution in [0.5, 0.6) is 5.75 Å². The molecule has 2 atom stereocenters. The van der Waals surface area contributed by atoms with Crippen LogP contribution in [0.1, 0.15) is 16.2 Å². The van der Waals surface area contributed by atoms with Crippen LogP contribution in [0.25, 0.3) is 27.8 Å². The number of amides is 1. The summed E-state index contributed by atoms with van der Waals surface area (Å²) >= 11 is 7.79. The number of esters is 1. The number of fused-ring (bicyclic) bond motifs is 3. The molecule has 2 aliphatic heterocycles. The summed E-state index contributed by atoms with van der Waals surface area (Å²) in [5.74, 6) is 0.191. The minimum Gasteiger partial charge on any atom is -0.495 e. The first-order valence-electron chi connectivity index (χ1n) is 12.1. The van der Waals surface area contributed by atoms with Crippen molar-refractivity contribution in [1.82, 2.24) is 34.4 Å². The van der Waals surface area contributed by atoms with Gasteiger partial charge >= 0.3 is 5.97 Å². The van der Waals surface area contributed by atoms with Crippen molar-refractivity contribution in [2.24, 2.45) is 0 Å². The van der Waals surface area contributed by atoms with Gasteiger partial charge in [0, 0.05) is 5.56 Å². The van der Waals surface area contributed by atoms with E-state index < -0.39 is 17.6 Å². The number of carbonyl (C=O) groups excluding carboxylic acids is 2. The lowest BCUT2D eigenvalue weighted by Gasteiger charge is -2.52. The molecule has 3 aromatic heterocycles. The Labute approximate surface area is 234 Å². The number of hydrogen-bond acceptors (Lipinski definition) is 10. The molecule has 0 saturated carbocycles. The quantitative estimate of drug-likeness (QED) is 0.182. The smallest absolute Gasteiger partial charge is 0.333 e. The summed E-state index contributed by atoms with van der Waals surface area (Å²) in [7, 11) is 1.47. The number of H-pyrrole nitrogens is 1. The van der Waals surface area contributed by atoms with E-state index in [1.54, 1.807) is 36.4 Å². The van der Waals surface area contributed by atoms with Crippen LogP contribution in [-0.4, -0.2) is 72.1 Å². The van der Waals surface area contributed by atoms with E-state index in [1.807, 2.05) is 0 Å². The molecule has 2 fully saturated rings. The van der Waals surface area contributed by atoms with Crippen LogP contribution >= 0.6 is 23.4 Å². The molecule has 200 valence electrons. The lowest BCUT2D eigenvalue weighted by atomic mass is 9.92. The number of benzene rings is 2. The Hall–Kier alpha value is -4.49. The third-order valence-electron chi connectivity index (χ3n) is 6.94. The third kappa shape index (κ3) is 3.72. The molecule has 14 heteroatoms. The number of nitrogens with one attached hydrogen (secondary N) is 1. The largest absolute Gasteiger partial charge is 0.495 e. The predicted octanol–water partition coefficient (Wildman–Crippen LogP) is 2.76. The summed E-state index contributed by atoms with van der Waals surface area (Å²) in [4.78, 5) is 61.1. The summed E-state index contributed by atoms with van der Waals surface area (Å²) < 4.78 is 12.0. The van der Waals surface area contributed by atoms with E-state index in [4.69, 9.17) is 26.1 Å². The zero-order chi connectivity index (χ0) is 27.5. The van der Waals surface area contributed by atoms with Crippen molar-refractivity contribution in [2.75, 3.05) is 13.7 Å². The van der Waals surface area contributed by atoms with Gasteiger partial charge in [-0.2, -0.15) is 0 Å². The number of hydrogen-bond donors (Lipinski definition) is 1. The molecule has 7 rings (SSSR count). The van der Waals surface area contributed by atoms with E-state index in [9.17, 15) is 14.4 Å². The third-order valence-corrected chi connectivity index (χ3v) is 8.24. The summed E-state index contributed by atoms with van der Waals surface area (Å²) in [5, 5.41) is 1.11. The van der Waals surface area contributed by atoms with E-state index in [1.165, 1.54) is 41.0 Å². The van der Waals surface area contributed by atoms with Crippen molar-refractivity contribution in [3.8, 4) is 11.4 Å². The molecule has 12 nitrogen and oxygen atoms in total. The molecule has 0 spiro atoms. The first-order chi connectivity index (χ1) is 19.4. The van der Waals surface area contributed by atoms with Gasteiger partial charge in [0.1, 0.15) is 28.4 Å². The fourth-order valence-corrected chi connectivity index (χ4v) is 6.06. The lowest BCUT2D eigenvalue weighted by Crippen LogP contribution is -2.74. The highest BCUT2D eigenvalue weighted by Gasteiger charge is 2.57. The Morgan fingerprint density at radius 2 is 2.10 bits per heavy atom. The van der Waals surface area contributed by atoms with Crippen LogP contribution < -0.4 is 10.3 Å². The van der Waals surface area contributed by atoms with E-state index >= 15 is 0 Å². The van der Waals surface area contributed by atoms with Gasteiger partial charge in [0.05, 0.1) is 47.3 Å². The zero-order valence-electron chi connectivity index (χ0n) is 20.7. The van der Waals surface area contributed by atoms with Gasteiger partial charge in [-0.1, -0.05) is 29.4 Å². The van der Waals surface area contributed by atoms with Gasteiger partial charge in [-0.15, -0.1) is 0 Å². The molecule has 2 saturated heterocycles. The number of nitrogens with zero attached hydrogens (tertiary/aromatic N) is 6. The van der Waals surface area contributed by atoms with Crippen LogP contribution in [0.3, 0.4) is 0 Å². The molecule has 5 heterocycles. The molecular formula is C26H18ClN7O5S. The monoisotopic (exact) mass is 575 g/mol. The van der Waals surface area contributed by atoms with Crippen LogP contribution in [-0.2, 0) is 15.3 Å². The molecule has 1 N–H and O–H groups in total. The number of rotatable bonds is 6. The van der Waals surface area contributed by atoms with E-state index in [-0.39, 0.29) is 33.7 Å². The van der Waals surface area contributed by atoms with Crippen molar-refractivity contribution >= 4 is 57.3 Å². The van der Waals surface area contributed by atoms with Crippen LogP contribution in [0.4, 0.5) is 0 Å². The molecule has 2 aromatic carbocycles. The molecule has 1 unspecified atom stereocenters. The topological polar surface area (TPSA) is 145 Å². The minimum absolute atomic E-state index is 0.228. The van der Waals surface area contributed by atoms with Crippen molar-refractivity contribution in [2.45, 2.75) is 22.9 Å². The van der Waals surface area contributed by atoms with E-state index in [0.29, 0.717) is 45.5 Å². The van der Waals surface area contributed by atoms with Gasteiger partial charge in [-0.3, -0.25) is 14.2 Å². The molecule has 0 bridgehead atoms. The molecule has 0 aliphatic carbocycles. The molecule has 1 amide bonds. The first kappa shape index (κ1) is 24.5. The number of halogens is 1. The maximum Gasteiger partial charge on any atom is 0.333 e. The number of aromatic amines is 1. The Bertz CT molecular complexity index is 1930. The average Bonchev–Trinajstić information content (AvgIpc) is 3.43. The van der Waals surface area contributed by atoms with Gasteiger partial charge in [0.15, 0.2) is 17.8 Å². The number of thioether (sulfide) groups is 1. The molecule has 40 heavy (non-hydrogen) atoms. The number of carbonyl (C=O) groups is 2. The van der Waals surface area contributed by atoms with E-state index in [0.717, 1.165) is 0 Å². The fourth-order valence-electron chi connectivity index (χ4n) is 4.94. The summed E-state index contributed by atoms with van der Waals surface area (Å²) in [5.41, 5.74) is 1.79. The number of likely N-dealkylation sites (tertiary alicyclic amines) is 1. The Morgan fingerprint density at radius 1 is 1.23 bits per heavy atom. The first-order valence-corrected chi connectivity index (χ1v) is 13.5. The molecular weight excluding hydrogens is 558 g/mol. The van der Waals surface area contributed by atoms with Gasteiger partial charge in [-0.05, 0) is 30.3 Å². The maximum absolute atomic E-state index is 14.0. The lowest BCUT2D eigenvalue weighted by molar-refractivity contribution is -0.209. The highest BCUT2D eigenvalue weighted by atomic mass is 35.5. The summed E-state index contributed by atoms with van der Waals surface area (Å²) in [6.07, 6.45) is 2.70. The Morgan fingerprint density at radius 3 is 2.90 bits per heavy atom.